The molecule has 3 aromatic rings. The predicted molar refractivity (Wildman–Crippen MR) is 120 cm³/mol. The molecule has 5 heteroatoms. The number of aryl methyl sites for hydroxylation is 1. The highest BCUT2D eigenvalue weighted by atomic mass is 16.5. The monoisotopic (exact) mass is 393 g/mol. The molecule has 0 N–H and O–H groups in total. The summed E-state index contributed by atoms with van der Waals surface area (Å²) in [5.74, 6) is 1.58. The Morgan fingerprint density at radius 3 is 2.21 bits per heavy atom. The molecule has 4 rings (SSSR count). The Labute approximate surface area is 173 Å². The molecule has 1 aromatic heterocycles. The third-order valence-electron chi connectivity index (χ3n) is 6.30. The van der Waals surface area contributed by atoms with E-state index in [1.807, 2.05) is 0 Å². The molecule has 2 aromatic carbocycles. The molecule has 1 aliphatic heterocycles. The molecule has 5 nitrogen and oxygen atoms in total. The molecule has 0 unspecified atom stereocenters. The van der Waals surface area contributed by atoms with E-state index >= 15 is 0 Å². The van der Waals surface area contributed by atoms with Crippen molar-refractivity contribution < 1.29 is 9.47 Å². The first-order valence-corrected chi connectivity index (χ1v) is 10.3. The zero-order valence-electron chi connectivity index (χ0n) is 17.9. The minimum Gasteiger partial charge on any atom is -0.493 e. The maximum absolute atomic E-state index is 5.55. The summed E-state index contributed by atoms with van der Waals surface area (Å²) in [5.41, 5.74) is 5.26. The third kappa shape index (κ3) is 3.79. The number of piperazine rings is 1. The smallest absolute Gasteiger partial charge is 0.162 e. The van der Waals surface area contributed by atoms with Crippen LogP contribution in [-0.4, -0.2) is 56.4 Å². The number of rotatable bonds is 6. The minimum absolute atomic E-state index is 0.782. The Hall–Kier alpha value is -2.66. The van der Waals surface area contributed by atoms with Crippen molar-refractivity contribution in [2.24, 2.45) is 7.05 Å². The average molecular weight is 394 g/mol. The summed E-state index contributed by atoms with van der Waals surface area (Å²) in [5, 5.41) is 1.27. The van der Waals surface area contributed by atoms with Crippen molar-refractivity contribution in [3.05, 3.63) is 53.7 Å². The van der Waals surface area contributed by atoms with Crippen LogP contribution in [0.1, 0.15) is 11.3 Å². The zero-order chi connectivity index (χ0) is 20.4. The quantitative estimate of drug-likeness (QED) is 0.636. The normalized spacial score (nSPS) is 15.1. The molecule has 0 radical (unpaired) electrons. The number of aromatic nitrogens is 1. The summed E-state index contributed by atoms with van der Waals surface area (Å²) >= 11 is 0. The van der Waals surface area contributed by atoms with E-state index in [9.17, 15) is 0 Å². The fourth-order valence-electron chi connectivity index (χ4n) is 4.42. The van der Waals surface area contributed by atoms with Gasteiger partial charge in [-0.1, -0.05) is 18.2 Å². The van der Waals surface area contributed by atoms with Crippen LogP contribution in [0.15, 0.2) is 42.5 Å². The van der Waals surface area contributed by atoms with Gasteiger partial charge in [0.25, 0.3) is 0 Å². The van der Waals surface area contributed by atoms with Crippen molar-refractivity contribution in [1.82, 2.24) is 9.47 Å². The minimum atomic E-state index is 0.782. The van der Waals surface area contributed by atoms with Crippen molar-refractivity contribution >= 4 is 16.6 Å². The molecule has 0 spiro atoms. The van der Waals surface area contributed by atoms with Crippen LogP contribution < -0.4 is 14.4 Å². The maximum Gasteiger partial charge on any atom is 0.162 e. The van der Waals surface area contributed by atoms with Crippen LogP contribution in [0.3, 0.4) is 0 Å². The molecule has 0 bridgehead atoms. The van der Waals surface area contributed by atoms with Gasteiger partial charge in [0.1, 0.15) is 0 Å². The van der Waals surface area contributed by atoms with Crippen LogP contribution in [0.2, 0.25) is 0 Å². The number of hydrogen-bond acceptors (Lipinski definition) is 4. The van der Waals surface area contributed by atoms with E-state index in [2.05, 4.69) is 70.8 Å². The topological polar surface area (TPSA) is 29.9 Å². The molecule has 1 aliphatic rings. The number of benzene rings is 2. The van der Waals surface area contributed by atoms with Crippen LogP contribution in [0.5, 0.6) is 11.5 Å². The van der Waals surface area contributed by atoms with Gasteiger partial charge in [0.05, 0.1) is 19.7 Å². The number of nitrogens with zero attached hydrogens (tertiary/aromatic N) is 3. The van der Waals surface area contributed by atoms with Gasteiger partial charge in [-0.15, -0.1) is 0 Å². The number of anilines is 1. The van der Waals surface area contributed by atoms with Gasteiger partial charge in [0, 0.05) is 62.6 Å². The van der Waals surface area contributed by atoms with E-state index in [1.165, 1.54) is 27.8 Å². The highest BCUT2D eigenvalue weighted by molar-refractivity contribution is 5.88. The van der Waals surface area contributed by atoms with E-state index in [1.54, 1.807) is 14.2 Å². The average Bonchev–Trinajstić information content (AvgIpc) is 3.01. The van der Waals surface area contributed by atoms with Crippen LogP contribution in [0, 0.1) is 6.92 Å². The highest BCUT2D eigenvalue weighted by Crippen LogP contribution is 2.36. The third-order valence-corrected chi connectivity index (χ3v) is 6.30. The summed E-state index contributed by atoms with van der Waals surface area (Å²) in [6, 6.07) is 14.9. The highest BCUT2D eigenvalue weighted by Gasteiger charge is 2.20. The van der Waals surface area contributed by atoms with Gasteiger partial charge in [-0.05, 0) is 37.1 Å². The van der Waals surface area contributed by atoms with Gasteiger partial charge in [0.15, 0.2) is 11.5 Å². The number of ether oxygens (including phenoxy) is 2. The number of fused-ring (bicyclic) bond motifs is 1. The SMILES string of the molecule is COc1cc2c(CCN3CCN(c4ccccc4)CC3)c(C)n(C)c2cc1OC. The van der Waals surface area contributed by atoms with Crippen LogP contribution >= 0.6 is 0 Å². The van der Waals surface area contributed by atoms with Gasteiger partial charge in [-0.2, -0.15) is 0 Å². The van der Waals surface area contributed by atoms with Crippen molar-refractivity contribution in [2.75, 3.05) is 51.8 Å². The summed E-state index contributed by atoms with van der Waals surface area (Å²) in [6.45, 7) is 7.68. The first kappa shape index (κ1) is 19.6. The van der Waals surface area contributed by atoms with Crippen molar-refractivity contribution in [2.45, 2.75) is 13.3 Å². The Kier molecular flexibility index (Phi) is 5.67. The van der Waals surface area contributed by atoms with Crippen molar-refractivity contribution in [3.63, 3.8) is 0 Å². The summed E-state index contributed by atoms with van der Waals surface area (Å²) in [7, 11) is 5.52. The van der Waals surface area contributed by atoms with E-state index in [0.717, 1.165) is 50.6 Å². The maximum atomic E-state index is 5.55. The van der Waals surface area contributed by atoms with Crippen LogP contribution in [-0.2, 0) is 13.5 Å². The largest absolute Gasteiger partial charge is 0.493 e. The zero-order valence-corrected chi connectivity index (χ0v) is 17.9. The van der Waals surface area contributed by atoms with Gasteiger partial charge in [0.2, 0.25) is 0 Å². The molecule has 2 heterocycles. The van der Waals surface area contributed by atoms with E-state index < -0.39 is 0 Å². The van der Waals surface area contributed by atoms with Gasteiger partial charge in [-0.3, -0.25) is 4.90 Å². The van der Waals surface area contributed by atoms with E-state index in [0.29, 0.717) is 0 Å². The molecule has 0 aliphatic carbocycles. The number of para-hydroxylation sites is 1. The van der Waals surface area contributed by atoms with Gasteiger partial charge >= 0.3 is 0 Å². The van der Waals surface area contributed by atoms with Crippen molar-refractivity contribution in [1.29, 1.82) is 0 Å². The fourth-order valence-corrected chi connectivity index (χ4v) is 4.42. The second-order valence-electron chi connectivity index (χ2n) is 7.76. The summed E-state index contributed by atoms with van der Waals surface area (Å²) in [6.07, 6.45) is 1.05. The second-order valence-corrected chi connectivity index (χ2v) is 7.76. The lowest BCUT2D eigenvalue weighted by Crippen LogP contribution is -2.47. The Morgan fingerprint density at radius 1 is 0.897 bits per heavy atom. The second kappa shape index (κ2) is 8.37. The van der Waals surface area contributed by atoms with Gasteiger partial charge < -0.3 is 18.9 Å². The molecule has 1 saturated heterocycles. The van der Waals surface area contributed by atoms with Crippen molar-refractivity contribution in [3.8, 4) is 11.5 Å². The lowest BCUT2D eigenvalue weighted by atomic mass is 10.1. The Morgan fingerprint density at radius 2 is 1.55 bits per heavy atom. The summed E-state index contributed by atoms with van der Waals surface area (Å²) < 4.78 is 13.3. The summed E-state index contributed by atoms with van der Waals surface area (Å²) in [4.78, 5) is 5.06. The molecule has 154 valence electrons. The number of methoxy groups -OCH3 is 2. The standard InChI is InChI=1S/C24H31N3O2/c1-18-20(21-16-23(28-3)24(29-4)17-22(21)25(18)2)10-11-26-12-14-27(15-13-26)19-8-6-5-7-9-19/h5-9,16-17H,10-15H2,1-4H3. The lowest BCUT2D eigenvalue weighted by Gasteiger charge is -2.36. The van der Waals surface area contributed by atoms with Crippen LogP contribution in [0.4, 0.5) is 5.69 Å². The number of hydrogen-bond donors (Lipinski definition) is 0. The lowest BCUT2D eigenvalue weighted by molar-refractivity contribution is 0.261. The predicted octanol–water partition coefficient (Wildman–Crippen LogP) is 3.87. The first-order valence-electron chi connectivity index (χ1n) is 10.3. The van der Waals surface area contributed by atoms with Crippen LogP contribution in [0.25, 0.3) is 10.9 Å². The molecule has 0 atom stereocenters. The van der Waals surface area contributed by atoms with E-state index in [-0.39, 0.29) is 0 Å². The Balaban J connectivity index is 1.47. The molecule has 0 saturated carbocycles. The Bertz CT molecular complexity index is 973. The molecule has 1 fully saturated rings. The van der Waals surface area contributed by atoms with Gasteiger partial charge in [-0.25, -0.2) is 0 Å². The van der Waals surface area contributed by atoms with E-state index in [4.69, 9.17) is 9.47 Å². The first-order chi connectivity index (χ1) is 14.1. The molecule has 0 amide bonds. The molecular weight excluding hydrogens is 362 g/mol. The fraction of sp³-hybridized carbons (Fsp3) is 0.417. The molecule has 29 heavy (non-hydrogen) atoms. The molecular formula is C24H31N3O2.